The highest BCUT2D eigenvalue weighted by atomic mass is 16.7. The molecule has 1 N–H and O–H groups in total. The van der Waals surface area contributed by atoms with Crippen molar-refractivity contribution in [3.05, 3.63) is 46.5 Å². The summed E-state index contributed by atoms with van der Waals surface area (Å²) in [5.74, 6) is 1.09. The van der Waals surface area contributed by atoms with Crippen molar-refractivity contribution in [2.45, 2.75) is 24.9 Å². The van der Waals surface area contributed by atoms with Gasteiger partial charge in [0.2, 0.25) is 6.79 Å². The van der Waals surface area contributed by atoms with Crippen molar-refractivity contribution < 1.29 is 28.8 Å². The van der Waals surface area contributed by atoms with Crippen LogP contribution in [0.3, 0.4) is 0 Å². The Morgan fingerprint density at radius 1 is 1.14 bits per heavy atom. The van der Waals surface area contributed by atoms with Crippen molar-refractivity contribution >= 4 is 5.97 Å². The number of carbonyl (C=O) groups is 1. The van der Waals surface area contributed by atoms with Crippen LogP contribution < -0.4 is 18.9 Å². The molecule has 146 valence electrons. The molecule has 7 nitrogen and oxygen atoms in total. The van der Waals surface area contributed by atoms with E-state index >= 15 is 0 Å². The Kier molecular flexibility index (Phi) is 3.87. The third-order valence-corrected chi connectivity index (χ3v) is 5.98. The number of hydrogen-bond acceptors (Lipinski definition) is 6. The Hall–Kier alpha value is -2.93. The lowest BCUT2D eigenvalue weighted by Crippen LogP contribution is -2.44. The number of carboxylic acid groups (broad SMARTS) is 1. The molecule has 2 unspecified atom stereocenters. The summed E-state index contributed by atoms with van der Waals surface area (Å²) in [6, 6.07) is 7.33. The first-order valence-corrected chi connectivity index (χ1v) is 9.25. The smallest absolute Gasteiger partial charge is 0.312 e. The van der Waals surface area contributed by atoms with E-state index in [1.807, 2.05) is 18.2 Å². The lowest BCUT2D eigenvalue weighted by Gasteiger charge is -2.45. The van der Waals surface area contributed by atoms with Crippen LogP contribution in [0, 0.1) is 0 Å². The maximum Gasteiger partial charge on any atom is 0.312 e. The number of hydrogen-bond donors (Lipinski definition) is 1. The Morgan fingerprint density at radius 2 is 1.93 bits per heavy atom. The third-order valence-electron chi connectivity index (χ3n) is 5.98. The molecular weight excluding hydrogens is 362 g/mol. The highest BCUT2D eigenvalue weighted by Crippen LogP contribution is 2.51. The SMILES string of the molecule is COc1ccc2c(c1OC)CN1CCc3cc4c(cc3C1C2C(=O)O)OCO4. The van der Waals surface area contributed by atoms with Crippen LogP contribution in [0.25, 0.3) is 0 Å². The molecule has 0 amide bonds. The molecule has 3 heterocycles. The molecule has 7 heteroatoms. The number of nitrogens with zero attached hydrogens (tertiary/aromatic N) is 1. The summed E-state index contributed by atoms with van der Waals surface area (Å²) >= 11 is 0. The highest BCUT2D eigenvalue weighted by Gasteiger charge is 2.45. The van der Waals surface area contributed by atoms with Gasteiger partial charge in [-0.3, -0.25) is 9.69 Å². The van der Waals surface area contributed by atoms with Crippen LogP contribution in [0.2, 0.25) is 0 Å². The maximum atomic E-state index is 12.4. The summed E-state index contributed by atoms with van der Waals surface area (Å²) in [4.78, 5) is 14.6. The van der Waals surface area contributed by atoms with Crippen LogP contribution >= 0.6 is 0 Å². The molecule has 3 aliphatic heterocycles. The fourth-order valence-corrected chi connectivity index (χ4v) is 4.76. The number of fused-ring (bicyclic) bond motifs is 5. The van der Waals surface area contributed by atoms with Gasteiger partial charge in [0.25, 0.3) is 0 Å². The van der Waals surface area contributed by atoms with Crippen molar-refractivity contribution in [2.75, 3.05) is 27.6 Å². The third kappa shape index (κ3) is 2.36. The van der Waals surface area contributed by atoms with Gasteiger partial charge in [-0.15, -0.1) is 0 Å². The Bertz CT molecular complexity index is 972. The number of methoxy groups -OCH3 is 2. The zero-order valence-corrected chi connectivity index (χ0v) is 15.7. The van der Waals surface area contributed by atoms with Crippen LogP contribution in [0.1, 0.15) is 34.2 Å². The van der Waals surface area contributed by atoms with Gasteiger partial charge in [0.15, 0.2) is 23.0 Å². The molecule has 5 rings (SSSR count). The van der Waals surface area contributed by atoms with E-state index in [9.17, 15) is 9.90 Å². The van der Waals surface area contributed by atoms with E-state index in [4.69, 9.17) is 18.9 Å². The summed E-state index contributed by atoms with van der Waals surface area (Å²) in [5, 5.41) is 10.2. The lowest BCUT2D eigenvalue weighted by molar-refractivity contribution is -0.141. The minimum atomic E-state index is -0.853. The molecule has 0 spiro atoms. The molecule has 2 aromatic carbocycles. The first kappa shape index (κ1) is 17.2. The molecule has 0 saturated carbocycles. The molecule has 3 aliphatic rings. The topological polar surface area (TPSA) is 77.5 Å². The quantitative estimate of drug-likeness (QED) is 0.873. The predicted octanol–water partition coefficient (Wildman–Crippen LogP) is 2.71. The van der Waals surface area contributed by atoms with Crippen molar-refractivity contribution in [2.24, 2.45) is 0 Å². The minimum Gasteiger partial charge on any atom is -0.493 e. The molecular formula is C21H21NO6. The first-order chi connectivity index (χ1) is 13.6. The molecule has 0 saturated heterocycles. The van der Waals surface area contributed by atoms with Crippen LogP contribution in [-0.2, 0) is 17.8 Å². The van der Waals surface area contributed by atoms with Crippen molar-refractivity contribution in [1.82, 2.24) is 4.90 Å². The standard InChI is InChI=1S/C21H21NO6/c1-25-15-4-3-12-14(20(15)26-2)9-22-6-5-11-7-16-17(28-10-27-16)8-13(11)19(22)18(12)21(23)24/h3-4,7-8,18-19H,5-6,9-10H2,1-2H3,(H,23,24). The molecule has 0 radical (unpaired) electrons. The first-order valence-electron chi connectivity index (χ1n) is 9.25. The predicted molar refractivity (Wildman–Crippen MR) is 99.3 cm³/mol. The number of rotatable bonds is 3. The highest BCUT2D eigenvalue weighted by molar-refractivity contribution is 5.80. The summed E-state index contributed by atoms with van der Waals surface area (Å²) in [6.45, 7) is 1.58. The van der Waals surface area contributed by atoms with Gasteiger partial charge in [0, 0.05) is 18.7 Å². The van der Waals surface area contributed by atoms with Crippen molar-refractivity contribution in [3.8, 4) is 23.0 Å². The lowest BCUT2D eigenvalue weighted by atomic mass is 9.76. The second-order valence-corrected chi connectivity index (χ2v) is 7.25. The van der Waals surface area contributed by atoms with E-state index in [2.05, 4.69) is 4.90 Å². The van der Waals surface area contributed by atoms with E-state index in [1.165, 1.54) is 0 Å². The average molecular weight is 383 g/mol. The molecule has 0 bridgehead atoms. The monoisotopic (exact) mass is 383 g/mol. The van der Waals surface area contributed by atoms with Crippen molar-refractivity contribution in [3.63, 3.8) is 0 Å². The summed E-state index contributed by atoms with van der Waals surface area (Å²) in [7, 11) is 3.18. The molecule has 2 aromatic rings. The van der Waals surface area contributed by atoms with Crippen LogP contribution in [0.15, 0.2) is 24.3 Å². The summed E-state index contributed by atoms with van der Waals surface area (Å²) < 4.78 is 22.1. The molecule has 2 atom stereocenters. The fraction of sp³-hybridized carbons (Fsp3) is 0.381. The van der Waals surface area contributed by atoms with Crippen molar-refractivity contribution in [1.29, 1.82) is 0 Å². The molecule has 0 aromatic heterocycles. The van der Waals surface area contributed by atoms with Gasteiger partial charge < -0.3 is 24.1 Å². The van der Waals surface area contributed by atoms with Gasteiger partial charge in [-0.1, -0.05) is 6.07 Å². The van der Waals surface area contributed by atoms with Gasteiger partial charge in [0.1, 0.15) is 5.92 Å². The van der Waals surface area contributed by atoms with E-state index in [0.717, 1.165) is 41.0 Å². The summed E-state index contributed by atoms with van der Waals surface area (Å²) in [5.41, 5.74) is 3.79. The number of benzene rings is 2. The fourth-order valence-electron chi connectivity index (χ4n) is 4.76. The largest absolute Gasteiger partial charge is 0.493 e. The maximum absolute atomic E-state index is 12.4. The average Bonchev–Trinajstić information content (AvgIpc) is 3.16. The second kappa shape index (κ2) is 6.31. The Labute approximate surface area is 162 Å². The molecule has 0 fully saturated rings. The number of ether oxygens (including phenoxy) is 4. The van der Waals surface area contributed by atoms with Gasteiger partial charge >= 0.3 is 5.97 Å². The molecule has 28 heavy (non-hydrogen) atoms. The zero-order valence-electron chi connectivity index (χ0n) is 15.7. The van der Waals surface area contributed by atoms with E-state index in [-0.39, 0.29) is 12.8 Å². The number of carboxylic acids is 1. The van der Waals surface area contributed by atoms with Crippen LogP contribution in [-0.4, -0.2) is 43.5 Å². The normalized spacial score (nSPS) is 22.1. The zero-order chi connectivity index (χ0) is 19.4. The summed E-state index contributed by atoms with van der Waals surface area (Å²) in [6.07, 6.45) is 0.830. The van der Waals surface area contributed by atoms with Gasteiger partial charge in [0.05, 0.1) is 20.3 Å². The van der Waals surface area contributed by atoms with Crippen LogP contribution in [0.4, 0.5) is 0 Å². The van der Waals surface area contributed by atoms with Gasteiger partial charge in [-0.05, 0) is 41.3 Å². The van der Waals surface area contributed by atoms with Gasteiger partial charge in [-0.2, -0.15) is 0 Å². The van der Waals surface area contributed by atoms with E-state index in [0.29, 0.717) is 23.8 Å². The minimum absolute atomic E-state index is 0.203. The number of aliphatic carboxylic acids is 1. The van der Waals surface area contributed by atoms with Crippen LogP contribution in [0.5, 0.6) is 23.0 Å². The van der Waals surface area contributed by atoms with E-state index < -0.39 is 11.9 Å². The van der Waals surface area contributed by atoms with Gasteiger partial charge in [-0.25, -0.2) is 0 Å². The second-order valence-electron chi connectivity index (χ2n) is 7.25. The Morgan fingerprint density at radius 3 is 2.64 bits per heavy atom. The molecule has 0 aliphatic carbocycles. The van der Waals surface area contributed by atoms with E-state index in [1.54, 1.807) is 20.3 Å². The Balaban J connectivity index is 1.69.